The van der Waals surface area contributed by atoms with Crippen LogP contribution in [0.3, 0.4) is 0 Å². The number of aliphatic hydroxyl groups excluding tert-OH is 1. The van der Waals surface area contributed by atoms with Gasteiger partial charge in [0.2, 0.25) is 5.13 Å². The van der Waals surface area contributed by atoms with E-state index < -0.39 is 0 Å². The van der Waals surface area contributed by atoms with E-state index in [1.54, 1.807) is 0 Å². The molecule has 1 aromatic rings. The molecule has 0 atom stereocenters. The van der Waals surface area contributed by atoms with Crippen LogP contribution in [0.15, 0.2) is 0 Å². The van der Waals surface area contributed by atoms with E-state index in [0.717, 1.165) is 23.8 Å². The third kappa shape index (κ3) is 1.56. The Hall–Kier alpha value is -0.680. The second-order valence-electron chi connectivity index (χ2n) is 3.11. The van der Waals surface area contributed by atoms with Crippen LogP contribution < -0.4 is 5.32 Å². The molecule has 0 unspecified atom stereocenters. The van der Waals surface area contributed by atoms with E-state index >= 15 is 0 Å². The Balaban J connectivity index is 1.88. The van der Waals surface area contributed by atoms with E-state index in [0.29, 0.717) is 6.04 Å². The van der Waals surface area contributed by atoms with Crippen LogP contribution in [0.25, 0.3) is 0 Å². The molecule has 0 spiro atoms. The Bertz CT molecular complexity index is 269. The zero-order valence-electron chi connectivity index (χ0n) is 6.82. The zero-order chi connectivity index (χ0) is 8.55. The molecule has 1 aromatic heterocycles. The normalized spacial score (nSPS) is 28.2. The first-order valence-electron chi connectivity index (χ1n) is 3.99. The van der Waals surface area contributed by atoms with E-state index in [-0.39, 0.29) is 6.10 Å². The highest BCUT2D eigenvalue weighted by atomic mass is 32.1. The van der Waals surface area contributed by atoms with Gasteiger partial charge in [-0.3, -0.25) is 0 Å². The van der Waals surface area contributed by atoms with Crippen molar-refractivity contribution in [2.45, 2.75) is 31.9 Å². The molecule has 2 N–H and O–H groups in total. The van der Waals surface area contributed by atoms with Crippen LogP contribution in [0.4, 0.5) is 5.13 Å². The molecule has 0 radical (unpaired) electrons. The minimum Gasteiger partial charge on any atom is -0.393 e. The quantitative estimate of drug-likeness (QED) is 0.715. The molecule has 1 fully saturated rings. The Kier molecular flexibility index (Phi) is 1.98. The van der Waals surface area contributed by atoms with E-state index in [4.69, 9.17) is 5.11 Å². The van der Waals surface area contributed by atoms with Crippen LogP contribution in [0.2, 0.25) is 0 Å². The fraction of sp³-hybridized carbons (Fsp3) is 0.714. The average molecular weight is 185 g/mol. The first kappa shape index (κ1) is 7.94. The average Bonchev–Trinajstić information content (AvgIpc) is 2.33. The van der Waals surface area contributed by atoms with Crippen LogP contribution in [0.5, 0.6) is 0 Å². The molecule has 12 heavy (non-hydrogen) atoms. The maximum atomic E-state index is 9.03. The van der Waals surface area contributed by atoms with Crippen molar-refractivity contribution >= 4 is 16.7 Å². The summed E-state index contributed by atoms with van der Waals surface area (Å²) in [5.41, 5.74) is 0. The van der Waals surface area contributed by atoms with Gasteiger partial charge in [0.1, 0.15) is 5.82 Å². The number of aromatic nitrogens is 2. The predicted molar refractivity (Wildman–Crippen MR) is 47.3 cm³/mol. The number of anilines is 1. The molecule has 66 valence electrons. The van der Waals surface area contributed by atoms with Gasteiger partial charge in [-0.15, -0.1) is 0 Å². The van der Waals surface area contributed by atoms with Gasteiger partial charge >= 0.3 is 0 Å². The summed E-state index contributed by atoms with van der Waals surface area (Å²) in [5.74, 6) is 0.808. The molecule has 4 nitrogen and oxygen atoms in total. The molecule has 2 rings (SSSR count). The van der Waals surface area contributed by atoms with Gasteiger partial charge in [-0.2, -0.15) is 4.37 Å². The zero-order valence-corrected chi connectivity index (χ0v) is 7.64. The van der Waals surface area contributed by atoms with Crippen molar-refractivity contribution < 1.29 is 5.11 Å². The third-order valence-corrected chi connectivity index (χ3v) is 2.71. The molecular weight excluding hydrogens is 174 g/mol. The molecule has 0 amide bonds. The summed E-state index contributed by atoms with van der Waals surface area (Å²) in [5, 5.41) is 13.1. The minimum atomic E-state index is -0.114. The molecular formula is C7H11N3OS. The van der Waals surface area contributed by atoms with E-state index in [9.17, 15) is 0 Å². The smallest absolute Gasteiger partial charge is 0.202 e. The second-order valence-corrected chi connectivity index (χ2v) is 3.87. The molecule has 0 bridgehead atoms. The fourth-order valence-corrected chi connectivity index (χ4v) is 1.89. The molecule has 0 saturated heterocycles. The highest BCUT2D eigenvalue weighted by Crippen LogP contribution is 2.24. The first-order chi connectivity index (χ1) is 5.74. The maximum absolute atomic E-state index is 9.03. The number of hydrogen-bond acceptors (Lipinski definition) is 5. The number of nitrogens with one attached hydrogen (secondary N) is 1. The van der Waals surface area contributed by atoms with Gasteiger partial charge in [-0.05, 0) is 19.8 Å². The van der Waals surface area contributed by atoms with Gasteiger partial charge in [0.05, 0.1) is 6.10 Å². The number of aliphatic hydroxyl groups is 1. The molecule has 0 aromatic carbocycles. The Morgan fingerprint density at radius 1 is 1.58 bits per heavy atom. The lowest BCUT2D eigenvalue weighted by molar-refractivity contribution is 0.0836. The van der Waals surface area contributed by atoms with Gasteiger partial charge in [0, 0.05) is 17.6 Å². The van der Waals surface area contributed by atoms with Gasteiger partial charge in [-0.25, -0.2) is 4.98 Å². The SMILES string of the molecule is Cc1nsc(NC2CC(O)C2)n1. The highest BCUT2D eigenvalue weighted by molar-refractivity contribution is 7.09. The van der Waals surface area contributed by atoms with Crippen molar-refractivity contribution in [2.75, 3.05) is 5.32 Å². The fourth-order valence-electron chi connectivity index (χ4n) is 1.24. The summed E-state index contributed by atoms with van der Waals surface area (Å²) < 4.78 is 4.05. The van der Waals surface area contributed by atoms with Gasteiger partial charge in [0.15, 0.2) is 0 Å². The van der Waals surface area contributed by atoms with Crippen molar-refractivity contribution in [3.8, 4) is 0 Å². The van der Waals surface area contributed by atoms with Crippen molar-refractivity contribution in [2.24, 2.45) is 0 Å². The molecule has 5 heteroatoms. The highest BCUT2D eigenvalue weighted by Gasteiger charge is 2.27. The lowest BCUT2D eigenvalue weighted by Crippen LogP contribution is -2.38. The minimum absolute atomic E-state index is 0.114. The molecule has 1 heterocycles. The third-order valence-electron chi connectivity index (χ3n) is 1.97. The monoisotopic (exact) mass is 185 g/mol. The number of aryl methyl sites for hydroxylation is 1. The lowest BCUT2D eigenvalue weighted by Gasteiger charge is -2.31. The Morgan fingerprint density at radius 2 is 2.33 bits per heavy atom. The van der Waals surface area contributed by atoms with E-state index in [1.165, 1.54) is 11.5 Å². The molecule has 1 saturated carbocycles. The largest absolute Gasteiger partial charge is 0.393 e. The van der Waals surface area contributed by atoms with Crippen molar-refractivity contribution in [3.63, 3.8) is 0 Å². The number of nitrogens with zero attached hydrogens (tertiary/aromatic N) is 2. The topological polar surface area (TPSA) is 58.0 Å². The summed E-state index contributed by atoms with van der Waals surface area (Å²) in [7, 11) is 0. The van der Waals surface area contributed by atoms with Crippen LogP contribution in [-0.4, -0.2) is 26.6 Å². The number of rotatable bonds is 2. The summed E-state index contributed by atoms with van der Waals surface area (Å²) in [4.78, 5) is 4.17. The second kappa shape index (κ2) is 2.99. The molecule has 0 aliphatic heterocycles. The first-order valence-corrected chi connectivity index (χ1v) is 4.76. The maximum Gasteiger partial charge on any atom is 0.202 e. The van der Waals surface area contributed by atoms with Crippen LogP contribution in [-0.2, 0) is 0 Å². The van der Waals surface area contributed by atoms with Gasteiger partial charge < -0.3 is 10.4 Å². The van der Waals surface area contributed by atoms with Crippen LogP contribution in [0, 0.1) is 6.92 Å². The predicted octanol–water partition coefficient (Wildman–Crippen LogP) is 0.782. The number of hydrogen-bond donors (Lipinski definition) is 2. The summed E-state index contributed by atoms with van der Waals surface area (Å²) in [6, 6.07) is 0.396. The summed E-state index contributed by atoms with van der Waals surface area (Å²) >= 11 is 1.37. The standard InChI is InChI=1S/C7H11N3OS/c1-4-8-7(12-10-4)9-5-2-6(11)3-5/h5-6,11H,2-3H2,1H3,(H,8,9,10). The Morgan fingerprint density at radius 3 is 2.83 bits per heavy atom. The van der Waals surface area contributed by atoms with Gasteiger partial charge in [0.25, 0.3) is 0 Å². The van der Waals surface area contributed by atoms with Crippen LogP contribution in [0.1, 0.15) is 18.7 Å². The van der Waals surface area contributed by atoms with Crippen molar-refractivity contribution in [1.82, 2.24) is 9.36 Å². The van der Waals surface area contributed by atoms with E-state index in [2.05, 4.69) is 14.7 Å². The Labute approximate surface area is 74.8 Å². The van der Waals surface area contributed by atoms with Crippen molar-refractivity contribution in [3.05, 3.63) is 5.82 Å². The van der Waals surface area contributed by atoms with Crippen molar-refractivity contribution in [1.29, 1.82) is 0 Å². The van der Waals surface area contributed by atoms with Gasteiger partial charge in [-0.1, -0.05) is 0 Å². The molecule has 1 aliphatic rings. The van der Waals surface area contributed by atoms with Crippen LogP contribution >= 0.6 is 11.5 Å². The summed E-state index contributed by atoms with van der Waals surface area (Å²) in [6.07, 6.45) is 1.55. The lowest BCUT2D eigenvalue weighted by atomic mass is 9.90. The summed E-state index contributed by atoms with van der Waals surface area (Å²) in [6.45, 7) is 1.87. The molecule has 1 aliphatic carbocycles. The van der Waals surface area contributed by atoms with E-state index in [1.807, 2.05) is 6.92 Å².